The van der Waals surface area contributed by atoms with E-state index in [2.05, 4.69) is 20.3 Å². The van der Waals surface area contributed by atoms with Gasteiger partial charge in [0.15, 0.2) is 5.82 Å². The summed E-state index contributed by atoms with van der Waals surface area (Å²) < 4.78 is 15.7. The molecule has 1 aliphatic rings. The minimum absolute atomic E-state index is 0.0223. The van der Waals surface area contributed by atoms with E-state index in [1.165, 1.54) is 12.1 Å². The lowest BCUT2D eigenvalue weighted by Gasteiger charge is -2.23. The molecule has 1 aliphatic carbocycles. The van der Waals surface area contributed by atoms with Crippen LogP contribution in [0.5, 0.6) is 0 Å². The molecular weight excluding hydrogens is 481 g/mol. The third-order valence-electron chi connectivity index (χ3n) is 6.80. The van der Waals surface area contributed by atoms with Crippen molar-refractivity contribution >= 4 is 23.0 Å². The van der Waals surface area contributed by atoms with Crippen LogP contribution in [-0.2, 0) is 17.6 Å². The maximum Gasteiger partial charge on any atom is 0.247 e. The molecule has 0 saturated carbocycles. The van der Waals surface area contributed by atoms with Crippen LogP contribution in [-0.4, -0.2) is 41.9 Å². The molecule has 1 amide bonds. The molecule has 190 valence electrons. The Bertz CT molecular complexity index is 1640. The van der Waals surface area contributed by atoms with Crippen LogP contribution < -0.4 is 5.32 Å². The van der Waals surface area contributed by atoms with E-state index >= 15 is 0 Å². The van der Waals surface area contributed by atoms with E-state index in [-0.39, 0.29) is 17.6 Å². The number of halogens is 1. The van der Waals surface area contributed by atoms with Gasteiger partial charge in [0, 0.05) is 36.5 Å². The first-order valence-electron chi connectivity index (χ1n) is 12.6. The summed E-state index contributed by atoms with van der Waals surface area (Å²) in [5, 5.41) is 3.03. The van der Waals surface area contributed by atoms with E-state index in [1.807, 2.05) is 41.8 Å². The molecular formula is C29H26FN7O. The third kappa shape index (κ3) is 4.58. The Morgan fingerprint density at radius 2 is 1.97 bits per heavy atom. The van der Waals surface area contributed by atoms with Gasteiger partial charge in [-0.05, 0) is 61.2 Å². The van der Waals surface area contributed by atoms with Crippen LogP contribution in [0.2, 0.25) is 0 Å². The van der Waals surface area contributed by atoms with E-state index in [1.54, 1.807) is 30.9 Å². The first kappa shape index (κ1) is 23.7. The Labute approximate surface area is 218 Å². The van der Waals surface area contributed by atoms with Crippen LogP contribution in [0.4, 0.5) is 4.39 Å². The molecule has 3 aromatic heterocycles. The average molecular weight is 508 g/mol. The van der Waals surface area contributed by atoms with Gasteiger partial charge >= 0.3 is 0 Å². The quantitative estimate of drug-likeness (QED) is 0.312. The van der Waals surface area contributed by atoms with Crippen molar-refractivity contribution in [2.24, 2.45) is 5.92 Å². The highest BCUT2D eigenvalue weighted by atomic mass is 19.1. The number of para-hydroxylation sites is 2. The molecule has 5 aromatic rings. The number of aromatic nitrogens is 6. The number of carbonyl (C=O) groups is 1. The van der Waals surface area contributed by atoms with Gasteiger partial charge in [-0.25, -0.2) is 24.3 Å². The molecule has 38 heavy (non-hydrogen) atoms. The molecule has 3 heterocycles. The Morgan fingerprint density at radius 3 is 2.79 bits per heavy atom. The lowest BCUT2D eigenvalue weighted by molar-refractivity contribution is -0.117. The minimum Gasteiger partial charge on any atom is -0.352 e. The molecule has 0 radical (unpaired) electrons. The summed E-state index contributed by atoms with van der Waals surface area (Å²) >= 11 is 0. The molecule has 2 N–H and O–H groups in total. The number of nitrogens with one attached hydrogen (secondary N) is 2. The largest absolute Gasteiger partial charge is 0.352 e. The number of aryl methyl sites for hydroxylation is 1. The number of imidazole rings is 2. The van der Waals surface area contributed by atoms with Gasteiger partial charge in [0.2, 0.25) is 5.91 Å². The van der Waals surface area contributed by atoms with E-state index in [0.717, 1.165) is 41.0 Å². The zero-order valence-corrected chi connectivity index (χ0v) is 20.9. The molecule has 6 rings (SSSR count). The van der Waals surface area contributed by atoms with Crippen molar-refractivity contribution < 1.29 is 9.18 Å². The van der Waals surface area contributed by atoms with Crippen molar-refractivity contribution in [1.82, 2.24) is 34.8 Å². The zero-order valence-electron chi connectivity index (χ0n) is 20.9. The van der Waals surface area contributed by atoms with Crippen LogP contribution >= 0.6 is 0 Å². The van der Waals surface area contributed by atoms with Crippen molar-refractivity contribution in [3.8, 4) is 17.1 Å². The number of fused-ring (bicyclic) bond motifs is 2. The number of H-pyrrole nitrogens is 1. The summed E-state index contributed by atoms with van der Waals surface area (Å²) in [7, 11) is 0. The maximum atomic E-state index is 13.7. The topological polar surface area (TPSA) is 101 Å². The molecule has 2 aromatic carbocycles. The lowest BCUT2D eigenvalue weighted by atomic mass is 9.88. The van der Waals surface area contributed by atoms with E-state index in [4.69, 9.17) is 9.97 Å². The Morgan fingerprint density at radius 1 is 1.13 bits per heavy atom. The highest BCUT2D eigenvalue weighted by Crippen LogP contribution is 2.32. The van der Waals surface area contributed by atoms with Crippen molar-refractivity contribution in [3.63, 3.8) is 0 Å². The van der Waals surface area contributed by atoms with Gasteiger partial charge in [-0.1, -0.05) is 19.1 Å². The predicted molar refractivity (Wildman–Crippen MR) is 143 cm³/mol. The number of hydrogen-bond acceptors (Lipinski definition) is 5. The number of rotatable bonds is 7. The number of carbonyl (C=O) groups excluding carboxylic acids is 1. The number of benzene rings is 2. The van der Waals surface area contributed by atoms with Crippen molar-refractivity contribution in [3.05, 3.63) is 95.9 Å². The van der Waals surface area contributed by atoms with Crippen molar-refractivity contribution in [2.75, 3.05) is 6.54 Å². The van der Waals surface area contributed by atoms with E-state index < -0.39 is 0 Å². The summed E-state index contributed by atoms with van der Waals surface area (Å²) in [4.78, 5) is 34.9. The highest BCUT2D eigenvalue weighted by molar-refractivity contribution is 5.99. The van der Waals surface area contributed by atoms with Gasteiger partial charge in [0.25, 0.3) is 0 Å². The summed E-state index contributed by atoms with van der Waals surface area (Å²) in [6.07, 6.45) is 9.22. The molecule has 0 saturated heterocycles. The Kier molecular flexibility index (Phi) is 6.25. The number of hydrogen-bond donors (Lipinski definition) is 2. The normalized spacial score (nSPS) is 14.8. The third-order valence-corrected chi connectivity index (χ3v) is 6.80. The Balaban J connectivity index is 1.35. The SMILES string of the molecule is CC1Cc2nc(-n3cnc4ccccc43)c(-c3ccc(F)cc3)nc2C=C1C(=O)NCCCc1ncc[nH]1. The minimum atomic E-state index is -0.325. The highest BCUT2D eigenvalue weighted by Gasteiger charge is 2.27. The van der Waals surface area contributed by atoms with Crippen LogP contribution in [0, 0.1) is 11.7 Å². The van der Waals surface area contributed by atoms with Crippen LogP contribution in [0.3, 0.4) is 0 Å². The maximum absolute atomic E-state index is 13.7. The molecule has 8 nitrogen and oxygen atoms in total. The average Bonchev–Trinajstić information content (AvgIpc) is 3.61. The molecule has 1 unspecified atom stereocenters. The van der Waals surface area contributed by atoms with Gasteiger partial charge < -0.3 is 10.3 Å². The smallest absolute Gasteiger partial charge is 0.247 e. The van der Waals surface area contributed by atoms with Crippen molar-refractivity contribution in [1.29, 1.82) is 0 Å². The summed E-state index contributed by atoms with van der Waals surface area (Å²) in [5.41, 5.74) is 5.20. The second-order valence-corrected chi connectivity index (χ2v) is 9.44. The monoisotopic (exact) mass is 507 g/mol. The second kappa shape index (κ2) is 10.0. The van der Waals surface area contributed by atoms with Gasteiger partial charge in [-0.15, -0.1) is 0 Å². The van der Waals surface area contributed by atoms with Crippen LogP contribution in [0.1, 0.15) is 30.6 Å². The first-order chi connectivity index (χ1) is 18.6. The lowest BCUT2D eigenvalue weighted by Crippen LogP contribution is -2.31. The molecule has 0 spiro atoms. The first-order valence-corrected chi connectivity index (χ1v) is 12.6. The van der Waals surface area contributed by atoms with E-state index in [9.17, 15) is 9.18 Å². The van der Waals surface area contributed by atoms with Gasteiger partial charge in [-0.2, -0.15) is 0 Å². The Hall–Kier alpha value is -4.66. The molecule has 0 fully saturated rings. The summed E-state index contributed by atoms with van der Waals surface area (Å²) in [5.74, 6) is 1.08. The second-order valence-electron chi connectivity index (χ2n) is 9.44. The molecule has 9 heteroatoms. The van der Waals surface area contributed by atoms with E-state index in [0.29, 0.717) is 35.7 Å². The fourth-order valence-electron chi connectivity index (χ4n) is 4.81. The number of amides is 1. The summed E-state index contributed by atoms with van der Waals surface area (Å²) in [6, 6.07) is 14.0. The molecule has 0 bridgehead atoms. The predicted octanol–water partition coefficient (Wildman–Crippen LogP) is 4.67. The van der Waals surface area contributed by atoms with Crippen molar-refractivity contribution in [2.45, 2.75) is 26.2 Å². The van der Waals surface area contributed by atoms with Crippen LogP contribution in [0.15, 0.2) is 72.8 Å². The number of aromatic amines is 1. The molecule has 0 aliphatic heterocycles. The van der Waals surface area contributed by atoms with Gasteiger partial charge in [0.1, 0.15) is 23.7 Å². The summed E-state index contributed by atoms with van der Waals surface area (Å²) in [6.45, 7) is 2.58. The standard InChI is InChI=1S/C29H26FN7O/c1-18-15-23-24(16-21(18)29(38)33-12-4-7-26-31-13-14-32-26)35-27(19-8-10-20(30)11-9-19)28(36-23)37-17-34-22-5-2-3-6-25(22)37/h2-3,5-6,8-11,13-14,16-18H,4,7,12,15H2,1H3,(H,31,32)(H,33,38). The van der Waals surface area contributed by atoms with Crippen LogP contribution in [0.25, 0.3) is 34.2 Å². The molecule has 1 atom stereocenters. The van der Waals surface area contributed by atoms with Gasteiger partial charge in [0.05, 0.1) is 22.4 Å². The fraction of sp³-hybridized carbons (Fsp3) is 0.207. The zero-order chi connectivity index (χ0) is 26.1. The fourth-order valence-corrected chi connectivity index (χ4v) is 4.81. The number of nitrogens with zero attached hydrogens (tertiary/aromatic N) is 5. The van der Waals surface area contributed by atoms with Gasteiger partial charge in [-0.3, -0.25) is 9.36 Å².